The summed E-state index contributed by atoms with van der Waals surface area (Å²) in [7, 11) is 0. The van der Waals surface area contributed by atoms with Gasteiger partial charge in [-0.25, -0.2) is 0 Å². The molecule has 0 aliphatic carbocycles. The molecule has 23 heavy (non-hydrogen) atoms. The Bertz CT molecular complexity index is 770. The number of hydrogen-bond acceptors (Lipinski definition) is 2. The Hall–Kier alpha value is -2.22. The van der Waals surface area contributed by atoms with Crippen molar-refractivity contribution in [1.29, 1.82) is 0 Å². The topological polar surface area (TPSA) is 35.2 Å². The number of rotatable bonds is 3. The molecule has 0 radical (unpaired) electrons. The number of fused-ring (bicyclic) bond motifs is 1. The molecule has 2 aromatic carbocycles. The van der Waals surface area contributed by atoms with Crippen LogP contribution < -0.4 is 10.5 Å². The molecule has 2 nitrogen and oxygen atoms in total. The first-order valence-electron chi connectivity index (χ1n) is 8.25. The van der Waals surface area contributed by atoms with Gasteiger partial charge in [-0.15, -0.1) is 0 Å². The molecule has 0 fully saturated rings. The molecule has 1 aliphatic heterocycles. The van der Waals surface area contributed by atoms with Crippen LogP contribution in [0.3, 0.4) is 0 Å². The Morgan fingerprint density at radius 3 is 2.39 bits per heavy atom. The summed E-state index contributed by atoms with van der Waals surface area (Å²) in [6.45, 7) is 13.6. The fourth-order valence-corrected chi connectivity index (χ4v) is 3.36. The van der Waals surface area contributed by atoms with Gasteiger partial charge in [-0.2, -0.15) is 0 Å². The minimum absolute atomic E-state index is 0.529. The first-order chi connectivity index (χ1) is 10.9. The average Bonchev–Trinajstić information content (AvgIpc) is 3.02. The molecule has 0 spiro atoms. The van der Waals surface area contributed by atoms with Crippen molar-refractivity contribution in [3.05, 3.63) is 64.2 Å². The van der Waals surface area contributed by atoms with Crippen molar-refractivity contribution < 1.29 is 4.74 Å². The summed E-state index contributed by atoms with van der Waals surface area (Å²) < 4.78 is 5.93. The maximum atomic E-state index is 6.34. The SMILES string of the molecule is C=C(c1ccc(C(C)C)cc1)c1c(C)c(N)c(C)c2c1OCC2. The van der Waals surface area contributed by atoms with Crippen LogP contribution in [0.15, 0.2) is 30.8 Å². The molecule has 0 atom stereocenters. The summed E-state index contributed by atoms with van der Waals surface area (Å²) in [4.78, 5) is 0. The van der Waals surface area contributed by atoms with E-state index in [1.807, 2.05) is 0 Å². The third-order valence-corrected chi connectivity index (χ3v) is 4.96. The van der Waals surface area contributed by atoms with Crippen LogP contribution in [0.4, 0.5) is 5.69 Å². The Morgan fingerprint density at radius 1 is 1.13 bits per heavy atom. The second kappa shape index (κ2) is 5.77. The maximum absolute atomic E-state index is 6.34. The van der Waals surface area contributed by atoms with Gasteiger partial charge in [0.25, 0.3) is 0 Å². The van der Waals surface area contributed by atoms with Crippen LogP contribution in [-0.4, -0.2) is 6.61 Å². The molecular formula is C21H25NO. The van der Waals surface area contributed by atoms with Gasteiger partial charge in [0.05, 0.1) is 6.61 Å². The van der Waals surface area contributed by atoms with Crippen LogP contribution in [0, 0.1) is 13.8 Å². The van der Waals surface area contributed by atoms with Gasteiger partial charge in [0.1, 0.15) is 5.75 Å². The number of benzene rings is 2. The van der Waals surface area contributed by atoms with E-state index in [9.17, 15) is 0 Å². The van der Waals surface area contributed by atoms with Gasteiger partial charge in [0.15, 0.2) is 0 Å². The standard InChI is InChI=1S/C21H25NO/c1-12(2)16-6-8-17(9-7-16)13(3)19-15(5)20(22)14(4)18-10-11-23-21(18)19/h6-9,12H,3,10-11,22H2,1-2,4-5H3. The summed E-state index contributed by atoms with van der Waals surface area (Å²) in [6.07, 6.45) is 0.929. The molecule has 1 heterocycles. The average molecular weight is 307 g/mol. The first kappa shape index (κ1) is 15.7. The van der Waals surface area contributed by atoms with Crippen molar-refractivity contribution in [2.75, 3.05) is 12.3 Å². The van der Waals surface area contributed by atoms with Crippen LogP contribution in [-0.2, 0) is 6.42 Å². The second-order valence-corrected chi connectivity index (χ2v) is 6.70. The lowest BCUT2D eigenvalue weighted by atomic mass is 9.88. The van der Waals surface area contributed by atoms with E-state index in [1.54, 1.807) is 0 Å². The summed E-state index contributed by atoms with van der Waals surface area (Å²) in [6, 6.07) is 8.65. The van der Waals surface area contributed by atoms with E-state index >= 15 is 0 Å². The van der Waals surface area contributed by atoms with E-state index in [0.29, 0.717) is 5.92 Å². The Labute approximate surface area is 139 Å². The molecule has 0 aromatic heterocycles. The highest BCUT2D eigenvalue weighted by atomic mass is 16.5. The van der Waals surface area contributed by atoms with Gasteiger partial charge in [-0.05, 0) is 47.6 Å². The molecule has 0 saturated carbocycles. The number of nitrogens with two attached hydrogens (primary N) is 1. The predicted octanol–water partition coefficient (Wildman–Crippen LogP) is 5.01. The van der Waals surface area contributed by atoms with Gasteiger partial charge < -0.3 is 10.5 Å². The summed E-state index contributed by atoms with van der Waals surface area (Å²) in [5.41, 5.74) is 15.2. The number of hydrogen-bond donors (Lipinski definition) is 1. The largest absolute Gasteiger partial charge is 0.492 e. The Kier molecular flexibility index (Phi) is 3.93. The molecule has 3 rings (SSSR count). The first-order valence-corrected chi connectivity index (χ1v) is 8.25. The third-order valence-electron chi connectivity index (χ3n) is 4.96. The molecule has 2 aromatic rings. The highest BCUT2D eigenvalue weighted by molar-refractivity contribution is 5.87. The van der Waals surface area contributed by atoms with E-state index < -0.39 is 0 Å². The van der Waals surface area contributed by atoms with Crippen molar-refractivity contribution in [1.82, 2.24) is 0 Å². The monoisotopic (exact) mass is 307 g/mol. The zero-order chi connectivity index (χ0) is 16.7. The molecule has 2 N–H and O–H groups in total. The molecule has 120 valence electrons. The molecule has 0 bridgehead atoms. The van der Waals surface area contributed by atoms with Crippen molar-refractivity contribution in [3.8, 4) is 5.75 Å². The lowest BCUT2D eigenvalue weighted by Gasteiger charge is -2.19. The van der Waals surface area contributed by atoms with Crippen molar-refractivity contribution in [3.63, 3.8) is 0 Å². The van der Waals surface area contributed by atoms with Crippen LogP contribution >= 0.6 is 0 Å². The van der Waals surface area contributed by atoms with Gasteiger partial charge >= 0.3 is 0 Å². The summed E-state index contributed by atoms with van der Waals surface area (Å²) in [5.74, 6) is 1.51. The van der Waals surface area contributed by atoms with E-state index in [4.69, 9.17) is 10.5 Å². The summed E-state index contributed by atoms with van der Waals surface area (Å²) in [5, 5.41) is 0. The number of anilines is 1. The van der Waals surface area contributed by atoms with Crippen LogP contribution in [0.5, 0.6) is 5.75 Å². The molecule has 0 unspecified atom stereocenters. The van der Waals surface area contributed by atoms with Gasteiger partial charge in [0.2, 0.25) is 0 Å². The minimum atomic E-state index is 0.529. The van der Waals surface area contributed by atoms with E-state index in [0.717, 1.165) is 52.3 Å². The normalized spacial score (nSPS) is 13.1. The molecule has 0 saturated heterocycles. The highest BCUT2D eigenvalue weighted by Gasteiger charge is 2.25. The smallest absolute Gasteiger partial charge is 0.131 e. The fraction of sp³-hybridized carbons (Fsp3) is 0.333. The lowest BCUT2D eigenvalue weighted by molar-refractivity contribution is 0.356. The number of ether oxygens (including phenoxy) is 1. The fourth-order valence-electron chi connectivity index (χ4n) is 3.36. The van der Waals surface area contributed by atoms with E-state index in [1.165, 1.54) is 11.1 Å². The molecular weight excluding hydrogens is 282 g/mol. The van der Waals surface area contributed by atoms with Gasteiger partial charge in [-0.3, -0.25) is 0 Å². The maximum Gasteiger partial charge on any atom is 0.131 e. The van der Waals surface area contributed by atoms with E-state index in [-0.39, 0.29) is 0 Å². The van der Waals surface area contributed by atoms with Gasteiger partial charge in [0, 0.05) is 23.2 Å². The van der Waals surface area contributed by atoms with E-state index in [2.05, 4.69) is 58.5 Å². The minimum Gasteiger partial charge on any atom is -0.492 e. The number of nitrogen functional groups attached to an aromatic ring is 1. The lowest BCUT2D eigenvalue weighted by Crippen LogP contribution is -2.03. The van der Waals surface area contributed by atoms with Crippen LogP contribution in [0.1, 0.15) is 53.1 Å². The molecule has 0 amide bonds. The van der Waals surface area contributed by atoms with Crippen LogP contribution in [0.2, 0.25) is 0 Å². The zero-order valence-electron chi connectivity index (χ0n) is 14.5. The Morgan fingerprint density at radius 2 is 1.78 bits per heavy atom. The second-order valence-electron chi connectivity index (χ2n) is 6.70. The van der Waals surface area contributed by atoms with Crippen molar-refractivity contribution in [2.45, 2.75) is 40.0 Å². The Balaban J connectivity index is 2.10. The molecule has 1 aliphatic rings. The zero-order valence-corrected chi connectivity index (χ0v) is 14.5. The highest BCUT2D eigenvalue weighted by Crippen LogP contribution is 2.43. The van der Waals surface area contributed by atoms with Crippen LogP contribution in [0.25, 0.3) is 5.57 Å². The summed E-state index contributed by atoms with van der Waals surface area (Å²) >= 11 is 0. The van der Waals surface area contributed by atoms with Crippen molar-refractivity contribution >= 4 is 11.3 Å². The third kappa shape index (κ3) is 2.52. The quantitative estimate of drug-likeness (QED) is 0.809. The van der Waals surface area contributed by atoms with Crippen molar-refractivity contribution in [2.24, 2.45) is 0 Å². The molecule has 2 heteroatoms. The van der Waals surface area contributed by atoms with Gasteiger partial charge in [-0.1, -0.05) is 44.7 Å². The predicted molar refractivity (Wildman–Crippen MR) is 98.2 cm³/mol.